The molecule has 2 N–H and O–H groups in total. The number of hydrogen-bond acceptors (Lipinski definition) is 2. The van der Waals surface area contributed by atoms with E-state index in [0.717, 1.165) is 12.5 Å². The average molecular weight is 270 g/mol. The Morgan fingerprint density at radius 2 is 2.11 bits per heavy atom. The third-order valence-electron chi connectivity index (χ3n) is 3.22. The smallest absolute Gasteiger partial charge is 0.222 e. The van der Waals surface area contributed by atoms with E-state index >= 15 is 0 Å². The lowest BCUT2D eigenvalue weighted by Crippen LogP contribution is -2.30. The van der Waals surface area contributed by atoms with Crippen molar-refractivity contribution in [1.29, 1.82) is 0 Å². The van der Waals surface area contributed by atoms with Gasteiger partial charge in [0.15, 0.2) is 0 Å². The normalized spacial score (nSPS) is 12.3. The molecule has 0 radical (unpaired) electrons. The number of carbonyl (C=O) groups is 1. The van der Waals surface area contributed by atoms with Gasteiger partial charge in [-0.1, -0.05) is 19.4 Å². The first kappa shape index (κ1) is 15.6. The van der Waals surface area contributed by atoms with Crippen molar-refractivity contribution in [3.8, 4) is 0 Å². The first-order valence-electron chi connectivity index (χ1n) is 6.35. The van der Waals surface area contributed by atoms with Crippen LogP contribution in [0.5, 0.6) is 0 Å². The largest absolute Gasteiger partial charge is 0.341 e. The highest BCUT2D eigenvalue weighted by Gasteiger charge is 2.16. The number of carbonyl (C=O) groups excluding carboxylic acids is 1. The molecular formula is C14H20F2N2O. The van der Waals surface area contributed by atoms with Gasteiger partial charge in [0, 0.05) is 31.6 Å². The summed E-state index contributed by atoms with van der Waals surface area (Å²) in [5.41, 5.74) is 5.86. The van der Waals surface area contributed by atoms with Crippen molar-refractivity contribution in [1.82, 2.24) is 4.90 Å². The summed E-state index contributed by atoms with van der Waals surface area (Å²) in [6.45, 7) is 2.57. The van der Waals surface area contributed by atoms with Crippen molar-refractivity contribution in [2.75, 3.05) is 13.6 Å². The van der Waals surface area contributed by atoms with Gasteiger partial charge in [0.2, 0.25) is 5.91 Å². The Labute approximate surface area is 112 Å². The first-order chi connectivity index (χ1) is 8.97. The summed E-state index contributed by atoms with van der Waals surface area (Å²) in [5.74, 6) is -1.19. The minimum atomic E-state index is -0.634. The zero-order valence-electron chi connectivity index (χ0n) is 11.3. The first-order valence-corrected chi connectivity index (χ1v) is 6.35. The van der Waals surface area contributed by atoms with Crippen LogP contribution in [0.4, 0.5) is 8.78 Å². The van der Waals surface area contributed by atoms with Crippen molar-refractivity contribution in [3.05, 3.63) is 35.4 Å². The van der Waals surface area contributed by atoms with Gasteiger partial charge in [-0.05, 0) is 18.5 Å². The zero-order valence-corrected chi connectivity index (χ0v) is 11.3. The Kier molecular flexibility index (Phi) is 5.89. The van der Waals surface area contributed by atoms with Gasteiger partial charge in [0.25, 0.3) is 0 Å². The Bertz CT molecular complexity index is 433. The lowest BCUT2D eigenvalue weighted by atomic mass is 10.0. The molecule has 0 fully saturated rings. The molecule has 0 heterocycles. The van der Waals surface area contributed by atoms with Gasteiger partial charge in [-0.25, -0.2) is 8.78 Å². The minimum Gasteiger partial charge on any atom is -0.341 e. The van der Waals surface area contributed by atoms with E-state index in [1.54, 1.807) is 7.05 Å². The molecule has 1 aromatic rings. The molecule has 19 heavy (non-hydrogen) atoms. The third-order valence-corrected chi connectivity index (χ3v) is 3.22. The van der Waals surface area contributed by atoms with Gasteiger partial charge >= 0.3 is 0 Å². The molecule has 0 bridgehead atoms. The molecule has 0 aliphatic carbocycles. The lowest BCUT2D eigenvalue weighted by molar-refractivity contribution is -0.131. The van der Waals surface area contributed by atoms with Crippen molar-refractivity contribution in [2.24, 2.45) is 11.7 Å². The maximum Gasteiger partial charge on any atom is 0.222 e. The summed E-state index contributed by atoms with van der Waals surface area (Å²) in [7, 11) is 1.61. The number of amides is 1. The highest BCUT2D eigenvalue weighted by Crippen LogP contribution is 2.14. The number of rotatable bonds is 6. The van der Waals surface area contributed by atoms with Crippen LogP contribution in [0.1, 0.15) is 25.3 Å². The van der Waals surface area contributed by atoms with Gasteiger partial charge in [-0.15, -0.1) is 0 Å². The molecule has 1 rings (SSSR count). The molecule has 0 saturated heterocycles. The molecule has 1 unspecified atom stereocenters. The summed E-state index contributed by atoms with van der Waals surface area (Å²) in [4.78, 5) is 13.4. The Morgan fingerprint density at radius 1 is 1.42 bits per heavy atom. The number of benzene rings is 1. The quantitative estimate of drug-likeness (QED) is 0.862. The van der Waals surface area contributed by atoms with E-state index in [0.29, 0.717) is 18.5 Å². The van der Waals surface area contributed by atoms with E-state index in [9.17, 15) is 13.6 Å². The van der Waals surface area contributed by atoms with E-state index in [1.165, 1.54) is 17.0 Å². The summed E-state index contributed by atoms with van der Waals surface area (Å²) in [6, 6.07) is 3.36. The van der Waals surface area contributed by atoms with Gasteiger partial charge < -0.3 is 10.6 Å². The van der Waals surface area contributed by atoms with Crippen LogP contribution in [0.25, 0.3) is 0 Å². The molecule has 1 aromatic carbocycles. The molecule has 1 amide bonds. The summed E-state index contributed by atoms with van der Waals surface area (Å²) in [5, 5.41) is 0. The van der Waals surface area contributed by atoms with E-state index in [2.05, 4.69) is 0 Å². The standard InChI is InChI=1S/C14H20F2N2O/c1-3-10(8-17)6-14(19)18(2)9-11-4-5-12(15)7-13(11)16/h4-5,7,10H,3,6,8-9,17H2,1-2H3. The van der Waals surface area contributed by atoms with Crippen LogP contribution >= 0.6 is 0 Å². The van der Waals surface area contributed by atoms with Crippen molar-refractivity contribution in [2.45, 2.75) is 26.3 Å². The fourth-order valence-electron chi connectivity index (χ4n) is 1.79. The molecule has 0 saturated carbocycles. The predicted octanol–water partition coefficient (Wildman–Crippen LogP) is 2.30. The monoisotopic (exact) mass is 270 g/mol. The number of halogens is 2. The van der Waals surface area contributed by atoms with Gasteiger partial charge in [-0.2, -0.15) is 0 Å². The van der Waals surface area contributed by atoms with Crippen molar-refractivity contribution >= 4 is 5.91 Å². The Morgan fingerprint density at radius 3 is 2.63 bits per heavy atom. The van der Waals surface area contributed by atoms with Crippen LogP contribution < -0.4 is 5.73 Å². The second-order valence-corrected chi connectivity index (χ2v) is 4.70. The topological polar surface area (TPSA) is 46.3 Å². The molecule has 1 atom stereocenters. The molecule has 0 spiro atoms. The fraction of sp³-hybridized carbons (Fsp3) is 0.500. The molecule has 0 aliphatic rings. The van der Waals surface area contributed by atoms with Crippen molar-refractivity contribution in [3.63, 3.8) is 0 Å². The Hall–Kier alpha value is -1.49. The number of hydrogen-bond donors (Lipinski definition) is 1. The summed E-state index contributed by atoms with van der Waals surface area (Å²) >= 11 is 0. The molecule has 5 heteroatoms. The number of nitrogens with two attached hydrogens (primary N) is 1. The molecule has 0 aliphatic heterocycles. The van der Waals surface area contributed by atoms with Gasteiger partial charge in [-0.3, -0.25) is 4.79 Å². The van der Waals surface area contributed by atoms with Crippen molar-refractivity contribution < 1.29 is 13.6 Å². The average Bonchev–Trinajstić information content (AvgIpc) is 2.38. The fourth-order valence-corrected chi connectivity index (χ4v) is 1.79. The molecule has 0 aromatic heterocycles. The summed E-state index contributed by atoms with van der Waals surface area (Å²) in [6.07, 6.45) is 1.19. The molecular weight excluding hydrogens is 250 g/mol. The van der Waals surface area contributed by atoms with E-state index in [-0.39, 0.29) is 18.4 Å². The lowest BCUT2D eigenvalue weighted by Gasteiger charge is -2.20. The highest BCUT2D eigenvalue weighted by molar-refractivity contribution is 5.76. The van der Waals surface area contributed by atoms with E-state index in [1.807, 2.05) is 6.92 Å². The Balaban J connectivity index is 2.63. The van der Waals surface area contributed by atoms with E-state index in [4.69, 9.17) is 5.73 Å². The SMILES string of the molecule is CCC(CN)CC(=O)N(C)Cc1ccc(F)cc1F. The molecule has 3 nitrogen and oxygen atoms in total. The highest BCUT2D eigenvalue weighted by atomic mass is 19.1. The van der Waals surface area contributed by atoms with Crippen LogP contribution in [0.15, 0.2) is 18.2 Å². The van der Waals surface area contributed by atoms with Crippen LogP contribution in [0.2, 0.25) is 0 Å². The second kappa shape index (κ2) is 7.19. The second-order valence-electron chi connectivity index (χ2n) is 4.70. The van der Waals surface area contributed by atoms with Crippen LogP contribution in [0.3, 0.4) is 0 Å². The van der Waals surface area contributed by atoms with Crippen LogP contribution in [-0.2, 0) is 11.3 Å². The summed E-state index contributed by atoms with van der Waals surface area (Å²) < 4.78 is 26.2. The molecule has 106 valence electrons. The van der Waals surface area contributed by atoms with Gasteiger partial charge in [0.1, 0.15) is 11.6 Å². The van der Waals surface area contributed by atoms with Gasteiger partial charge in [0.05, 0.1) is 0 Å². The zero-order chi connectivity index (χ0) is 14.4. The minimum absolute atomic E-state index is 0.0824. The predicted molar refractivity (Wildman–Crippen MR) is 70.3 cm³/mol. The van der Waals surface area contributed by atoms with E-state index < -0.39 is 11.6 Å². The van der Waals surface area contributed by atoms with Crippen LogP contribution in [0, 0.1) is 17.6 Å². The van der Waals surface area contributed by atoms with Crippen LogP contribution in [-0.4, -0.2) is 24.4 Å². The maximum atomic E-state index is 13.5. The number of nitrogens with zero attached hydrogens (tertiary/aromatic N) is 1. The third kappa shape index (κ3) is 4.59. The maximum absolute atomic E-state index is 13.5.